The van der Waals surface area contributed by atoms with Crippen molar-refractivity contribution in [1.82, 2.24) is 0 Å². The molecule has 0 aliphatic carbocycles. The lowest BCUT2D eigenvalue weighted by Crippen LogP contribution is -1.81. The number of rotatable bonds is 3. The molecule has 0 aliphatic heterocycles. The van der Waals surface area contributed by atoms with Gasteiger partial charge in [0.1, 0.15) is 0 Å². The molecule has 0 spiro atoms. The number of hydrogen-bond donors (Lipinski definition) is 0. The largest absolute Gasteiger partial charge is 0.0795 e. The molecule has 0 saturated heterocycles. The van der Waals surface area contributed by atoms with E-state index in [0.717, 1.165) is 10.9 Å². The van der Waals surface area contributed by atoms with Gasteiger partial charge in [-0.1, -0.05) is 70.0 Å². The molecule has 0 heterocycles. The zero-order valence-corrected chi connectivity index (χ0v) is 11.4. The molecule has 0 unspecified atom stereocenters. The minimum absolute atomic E-state index is 0.982. The van der Waals surface area contributed by atoms with Gasteiger partial charge in [0.15, 0.2) is 0 Å². The van der Waals surface area contributed by atoms with Crippen LogP contribution in [0.25, 0.3) is 6.08 Å². The van der Waals surface area contributed by atoms with Crippen LogP contribution in [0.1, 0.15) is 16.7 Å². The van der Waals surface area contributed by atoms with Crippen molar-refractivity contribution in [2.75, 3.05) is 0 Å². The summed E-state index contributed by atoms with van der Waals surface area (Å²) in [4.78, 5) is 0. The molecule has 17 heavy (non-hydrogen) atoms. The number of aryl methyl sites for hydroxylation is 1. The van der Waals surface area contributed by atoms with Crippen LogP contribution in [0.2, 0.25) is 0 Å². The summed E-state index contributed by atoms with van der Waals surface area (Å²) in [6.07, 6.45) is 5.34. The Morgan fingerprint density at radius 3 is 2.24 bits per heavy atom. The van der Waals surface area contributed by atoms with Crippen molar-refractivity contribution in [2.45, 2.75) is 13.3 Å². The third-order valence-electron chi connectivity index (χ3n) is 2.65. The summed E-state index contributed by atoms with van der Waals surface area (Å²) in [6.45, 7) is 2.11. The molecule has 0 saturated carbocycles. The lowest BCUT2D eigenvalue weighted by molar-refractivity contribution is 1.26. The van der Waals surface area contributed by atoms with E-state index < -0.39 is 0 Å². The van der Waals surface area contributed by atoms with E-state index in [2.05, 4.69) is 83.5 Å². The molecule has 0 radical (unpaired) electrons. The van der Waals surface area contributed by atoms with Crippen LogP contribution in [0.3, 0.4) is 0 Å². The third-order valence-corrected chi connectivity index (χ3v) is 3.18. The predicted octanol–water partition coefficient (Wildman–Crippen LogP) is 5.01. The highest BCUT2D eigenvalue weighted by molar-refractivity contribution is 9.10. The van der Waals surface area contributed by atoms with Crippen LogP contribution in [0, 0.1) is 6.92 Å². The Morgan fingerprint density at radius 2 is 1.59 bits per heavy atom. The fourth-order valence-electron chi connectivity index (χ4n) is 1.63. The summed E-state index contributed by atoms with van der Waals surface area (Å²) in [7, 11) is 0. The molecule has 0 fully saturated rings. The molecule has 86 valence electrons. The predicted molar refractivity (Wildman–Crippen MR) is 78.1 cm³/mol. The number of benzene rings is 2. The fourth-order valence-corrected chi connectivity index (χ4v) is 1.89. The van der Waals surface area contributed by atoms with E-state index in [1.165, 1.54) is 16.7 Å². The summed E-state index contributed by atoms with van der Waals surface area (Å²) in [5.41, 5.74) is 3.90. The van der Waals surface area contributed by atoms with E-state index in [1.807, 2.05) is 0 Å². The molecular weight excluding hydrogens is 272 g/mol. The fraction of sp³-hybridized carbons (Fsp3) is 0.125. The average Bonchev–Trinajstić information content (AvgIpc) is 2.34. The molecule has 0 N–H and O–H groups in total. The SMILES string of the molecule is Cc1ccc(C/C=C/c2ccc(Br)cc2)cc1. The summed E-state index contributed by atoms with van der Waals surface area (Å²) in [5.74, 6) is 0. The van der Waals surface area contributed by atoms with E-state index in [-0.39, 0.29) is 0 Å². The first kappa shape index (κ1) is 12.1. The highest BCUT2D eigenvalue weighted by Gasteiger charge is 1.90. The van der Waals surface area contributed by atoms with E-state index in [9.17, 15) is 0 Å². The lowest BCUT2D eigenvalue weighted by atomic mass is 10.1. The van der Waals surface area contributed by atoms with Gasteiger partial charge in [0.25, 0.3) is 0 Å². The van der Waals surface area contributed by atoms with Crippen LogP contribution >= 0.6 is 15.9 Å². The second kappa shape index (κ2) is 5.83. The topological polar surface area (TPSA) is 0 Å². The standard InChI is InChI=1S/C16H15Br/c1-13-5-7-14(8-6-13)3-2-4-15-9-11-16(17)12-10-15/h2,4-12H,3H2,1H3/b4-2+. The van der Waals surface area contributed by atoms with Gasteiger partial charge in [-0.25, -0.2) is 0 Å². The Morgan fingerprint density at radius 1 is 0.941 bits per heavy atom. The van der Waals surface area contributed by atoms with Crippen LogP contribution < -0.4 is 0 Å². The summed E-state index contributed by atoms with van der Waals surface area (Å²) < 4.78 is 1.12. The van der Waals surface area contributed by atoms with Gasteiger partial charge in [0.05, 0.1) is 0 Å². The van der Waals surface area contributed by atoms with Crippen molar-refractivity contribution in [3.05, 3.63) is 75.8 Å². The molecule has 2 aromatic carbocycles. The van der Waals surface area contributed by atoms with Crippen molar-refractivity contribution in [3.8, 4) is 0 Å². The molecular formula is C16H15Br. The Bertz CT molecular complexity index is 492. The van der Waals surface area contributed by atoms with Gasteiger partial charge in [0.2, 0.25) is 0 Å². The second-order valence-corrected chi connectivity index (χ2v) is 5.06. The number of allylic oxidation sites excluding steroid dienone is 1. The maximum atomic E-state index is 3.43. The number of halogens is 1. The lowest BCUT2D eigenvalue weighted by Gasteiger charge is -1.97. The van der Waals surface area contributed by atoms with E-state index in [0.29, 0.717) is 0 Å². The van der Waals surface area contributed by atoms with Gasteiger partial charge in [-0.2, -0.15) is 0 Å². The average molecular weight is 287 g/mol. The quantitative estimate of drug-likeness (QED) is 0.744. The van der Waals surface area contributed by atoms with Crippen LogP contribution in [0.15, 0.2) is 59.1 Å². The van der Waals surface area contributed by atoms with Crippen molar-refractivity contribution in [3.63, 3.8) is 0 Å². The van der Waals surface area contributed by atoms with E-state index in [4.69, 9.17) is 0 Å². The maximum Gasteiger partial charge on any atom is 0.0175 e. The Balaban J connectivity index is 1.97. The van der Waals surface area contributed by atoms with Crippen LogP contribution in [-0.2, 0) is 6.42 Å². The highest BCUT2D eigenvalue weighted by atomic mass is 79.9. The van der Waals surface area contributed by atoms with Crippen molar-refractivity contribution in [1.29, 1.82) is 0 Å². The molecule has 0 atom stereocenters. The molecule has 0 nitrogen and oxygen atoms in total. The molecule has 0 amide bonds. The zero-order valence-electron chi connectivity index (χ0n) is 9.86. The maximum absolute atomic E-state index is 3.43. The molecule has 2 rings (SSSR count). The first-order chi connectivity index (χ1) is 8.24. The Hall–Kier alpha value is -1.34. The first-order valence-corrected chi connectivity index (χ1v) is 6.51. The molecule has 0 aromatic heterocycles. The van der Waals surface area contributed by atoms with Gasteiger partial charge >= 0.3 is 0 Å². The van der Waals surface area contributed by atoms with Gasteiger partial charge in [-0.15, -0.1) is 0 Å². The van der Waals surface area contributed by atoms with Gasteiger partial charge in [-0.3, -0.25) is 0 Å². The van der Waals surface area contributed by atoms with Gasteiger partial charge in [0, 0.05) is 4.47 Å². The molecule has 1 heteroatoms. The van der Waals surface area contributed by atoms with Crippen molar-refractivity contribution < 1.29 is 0 Å². The van der Waals surface area contributed by atoms with Crippen LogP contribution in [0.4, 0.5) is 0 Å². The highest BCUT2D eigenvalue weighted by Crippen LogP contribution is 2.12. The minimum Gasteiger partial charge on any atom is -0.0795 e. The molecule has 0 aliphatic rings. The van der Waals surface area contributed by atoms with Crippen molar-refractivity contribution in [2.24, 2.45) is 0 Å². The van der Waals surface area contributed by atoms with Crippen LogP contribution in [0.5, 0.6) is 0 Å². The van der Waals surface area contributed by atoms with Gasteiger partial charge in [-0.05, 0) is 36.6 Å². The summed E-state index contributed by atoms with van der Waals surface area (Å²) in [6, 6.07) is 17.0. The van der Waals surface area contributed by atoms with Crippen molar-refractivity contribution >= 4 is 22.0 Å². The monoisotopic (exact) mass is 286 g/mol. The zero-order chi connectivity index (χ0) is 12.1. The molecule has 2 aromatic rings. The number of hydrogen-bond acceptors (Lipinski definition) is 0. The Kier molecular flexibility index (Phi) is 4.16. The Labute approximate surface area is 111 Å². The van der Waals surface area contributed by atoms with Crippen LogP contribution in [-0.4, -0.2) is 0 Å². The molecule has 0 bridgehead atoms. The van der Waals surface area contributed by atoms with E-state index in [1.54, 1.807) is 0 Å². The smallest absolute Gasteiger partial charge is 0.0175 e. The normalized spacial score (nSPS) is 10.9. The summed E-state index contributed by atoms with van der Waals surface area (Å²) >= 11 is 3.43. The summed E-state index contributed by atoms with van der Waals surface area (Å²) in [5, 5.41) is 0. The first-order valence-electron chi connectivity index (χ1n) is 5.72. The second-order valence-electron chi connectivity index (χ2n) is 4.14. The van der Waals surface area contributed by atoms with E-state index >= 15 is 0 Å². The third kappa shape index (κ3) is 3.86. The van der Waals surface area contributed by atoms with Gasteiger partial charge < -0.3 is 0 Å². The minimum atomic E-state index is 0.982.